The minimum atomic E-state index is -3.88. The van der Waals surface area contributed by atoms with Crippen molar-refractivity contribution in [2.24, 2.45) is 0 Å². The molecular formula is C21H24Cl2N2O5S. The molecule has 2 aromatic rings. The van der Waals surface area contributed by atoms with Crippen molar-refractivity contribution in [3.05, 3.63) is 63.6 Å². The molecule has 0 aliphatic carbocycles. The normalized spacial score (nSPS) is 11.4. The van der Waals surface area contributed by atoms with Crippen molar-refractivity contribution in [2.45, 2.75) is 25.3 Å². The number of hydrogen-bond donors (Lipinski definition) is 0. The molecule has 0 saturated carbocycles. The number of carbonyl (C=O) groups is 2. The number of sulfonamides is 1. The lowest BCUT2D eigenvalue weighted by atomic mass is 10.1. The molecule has 7 nitrogen and oxygen atoms in total. The van der Waals surface area contributed by atoms with Crippen LogP contribution in [0.15, 0.2) is 47.4 Å². The molecule has 0 heterocycles. The van der Waals surface area contributed by atoms with Crippen molar-refractivity contribution in [1.29, 1.82) is 0 Å². The van der Waals surface area contributed by atoms with Crippen molar-refractivity contribution in [3.63, 3.8) is 0 Å². The van der Waals surface area contributed by atoms with E-state index in [4.69, 9.17) is 27.9 Å². The molecule has 0 aliphatic rings. The van der Waals surface area contributed by atoms with Gasteiger partial charge in [-0.15, -0.1) is 0 Å². The fourth-order valence-corrected chi connectivity index (χ4v) is 5.03. The maximum absolute atomic E-state index is 13.2. The Balaban J connectivity index is 2.44. The number of methoxy groups -OCH3 is 1. The molecule has 0 saturated heterocycles. The molecule has 2 aromatic carbocycles. The molecule has 0 radical (unpaired) electrons. The molecule has 0 fully saturated rings. The second-order valence-corrected chi connectivity index (χ2v) is 9.35. The van der Waals surface area contributed by atoms with E-state index in [0.717, 1.165) is 5.56 Å². The Bertz CT molecular complexity index is 1040. The zero-order chi connectivity index (χ0) is 23.2. The lowest BCUT2D eigenvalue weighted by Crippen LogP contribution is -2.36. The number of nitrogens with zero attached hydrogens (tertiary/aromatic N) is 2. The topological polar surface area (TPSA) is 84.0 Å². The predicted octanol–water partition coefficient (Wildman–Crippen LogP) is 3.84. The number of rotatable bonds is 9. The molecular weight excluding hydrogens is 463 g/mol. The van der Waals surface area contributed by atoms with Gasteiger partial charge in [-0.3, -0.25) is 9.59 Å². The van der Waals surface area contributed by atoms with Gasteiger partial charge in [0.15, 0.2) is 0 Å². The summed E-state index contributed by atoms with van der Waals surface area (Å²) in [6.45, 7) is 3.75. The van der Waals surface area contributed by atoms with Crippen LogP contribution in [-0.4, -0.2) is 56.2 Å². The molecule has 0 unspecified atom stereocenters. The van der Waals surface area contributed by atoms with Gasteiger partial charge >= 0.3 is 5.97 Å². The summed E-state index contributed by atoms with van der Waals surface area (Å²) in [6.07, 6.45) is 0. The van der Waals surface area contributed by atoms with Crippen molar-refractivity contribution in [1.82, 2.24) is 9.21 Å². The molecule has 0 atom stereocenters. The van der Waals surface area contributed by atoms with Gasteiger partial charge in [-0.25, -0.2) is 8.42 Å². The van der Waals surface area contributed by atoms with E-state index in [2.05, 4.69) is 0 Å². The van der Waals surface area contributed by atoms with Crippen LogP contribution in [-0.2, 0) is 26.1 Å². The highest BCUT2D eigenvalue weighted by molar-refractivity contribution is 7.89. The van der Waals surface area contributed by atoms with Gasteiger partial charge in [-0.1, -0.05) is 49.2 Å². The number of hydrogen-bond acceptors (Lipinski definition) is 5. The molecule has 0 bridgehead atoms. The molecule has 0 spiro atoms. The summed E-state index contributed by atoms with van der Waals surface area (Å²) in [7, 11) is -2.65. The highest BCUT2D eigenvalue weighted by Gasteiger charge is 2.27. The first-order valence-corrected chi connectivity index (χ1v) is 11.7. The highest BCUT2D eigenvalue weighted by atomic mass is 35.5. The number of amides is 1. The number of esters is 1. The van der Waals surface area contributed by atoms with Crippen LogP contribution in [0.1, 0.15) is 29.8 Å². The number of halogens is 2. The fourth-order valence-electron chi connectivity index (χ4n) is 2.95. The molecule has 1 amide bonds. The minimum absolute atomic E-state index is 0.0145. The standard InChI is InChI=1S/C21H24Cl2N2O5S/c1-4-25(5-2)31(28,29)19-12-16(8-11-18(19)23)21(27)24(14-20(26)30-3)13-15-6-9-17(22)10-7-15/h6-12H,4-5,13-14H2,1-3H3. The Morgan fingerprint density at radius 3 is 2.16 bits per heavy atom. The molecule has 0 aliphatic heterocycles. The quantitative estimate of drug-likeness (QED) is 0.502. The van der Waals surface area contributed by atoms with E-state index in [1.807, 2.05) is 0 Å². The lowest BCUT2D eigenvalue weighted by Gasteiger charge is -2.23. The number of ether oxygens (including phenoxy) is 1. The summed E-state index contributed by atoms with van der Waals surface area (Å²) in [5.74, 6) is -1.14. The summed E-state index contributed by atoms with van der Waals surface area (Å²) < 4.78 is 31.8. The zero-order valence-corrected chi connectivity index (χ0v) is 19.8. The molecule has 168 valence electrons. The maximum Gasteiger partial charge on any atom is 0.325 e. The predicted molar refractivity (Wildman–Crippen MR) is 120 cm³/mol. The Labute approximate surface area is 192 Å². The van der Waals surface area contributed by atoms with Gasteiger partial charge in [0.25, 0.3) is 5.91 Å². The van der Waals surface area contributed by atoms with Crippen LogP contribution in [0.3, 0.4) is 0 Å². The van der Waals surface area contributed by atoms with Gasteiger partial charge < -0.3 is 9.64 Å². The van der Waals surface area contributed by atoms with Crippen molar-refractivity contribution >= 4 is 45.1 Å². The van der Waals surface area contributed by atoms with Gasteiger partial charge in [0.2, 0.25) is 10.0 Å². The average molecular weight is 487 g/mol. The van der Waals surface area contributed by atoms with Gasteiger partial charge in [0.05, 0.1) is 12.1 Å². The molecule has 0 N–H and O–H groups in total. The van der Waals surface area contributed by atoms with Gasteiger partial charge in [0, 0.05) is 30.2 Å². The molecule has 2 rings (SSSR count). The van der Waals surface area contributed by atoms with E-state index >= 15 is 0 Å². The fraction of sp³-hybridized carbons (Fsp3) is 0.333. The van der Waals surface area contributed by atoms with Crippen LogP contribution in [0.4, 0.5) is 0 Å². The van der Waals surface area contributed by atoms with Crippen LogP contribution >= 0.6 is 23.2 Å². The summed E-state index contributed by atoms with van der Waals surface area (Å²) in [5.41, 5.74) is 0.833. The van der Waals surface area contributed by atoms with E-state index in [0.29, 0.717) is 5.02 Å². The van der Waals surface area contributed by atoms with Crippen molar-refractivity contribution in [3.8, 4) is 0 Å². The van der Waals surface area contributed by atoms with Crippen LogP contribution in [0.2, 0.25) is 10.0 Å². The van der Waals surface area contributed by atoms with E-state index in [9.17, 15) is 18.0 Å². The highest BCUT2D eigenvalue weighted by Crippen LogP contribution is 2.27. The van der Waals surface area contributed by atoms with E-state index in [1.54, 1.807) is 38.1 Å². The van der Waals surface area contributed by atoms with Crippen LogP contribution in [0.5, 0.6) is 0 Å². The van der Waals surface area contributed by atoms with Crippen LogP contribution in [0, 0.1) is 0 Å². The number of benzene rings is 2. The monoisotopic (exact) mass is 486 g/mol. The van der Waals surface area contributed by atoms with Crippen LogP contribution in [0.25, 0.3) is 0 Å². The first kappa shape index (κ1) is 25.1. The Morgan fingerprint density at radius 1 is 1.00 bits per heavy atom. The smallest absolute Gasteiger partial charge is 0.325 e. The molecule has 0 aromatic heterocycles. The zero-order valence-electron chi connectivity index (χ0n) is 17.5. The van der Waals surface area contributed by atoms with E-state index < -0.39 is 21.9 Å². The Kier molecular flexibility index (Phi) is 8.88. The third-order valence-electron chi connectivity index (χ3n) is 4.62. The van der Waals surface area contributed by atoms with Gasteiger partial charge in [0.1, 0.15) is 11.4 Å². The van der Waals surface area contributed by atoms with Gasteiger partial charge in [-0.2, -0.15) is 4.31 Å². The maximum atomic E-state index is 13.2. The Morgan fingerprint density at radius 2 is 1.61 bits per heavy atom. The first-order chi connectivity index (χ1) is 14.6. The third kappa shape index (κ3) is 6.20. The van der Waals surface area contributed by atoms with E-state index in [1.165, 1.54) is 34.5 Å². The summed E-state index contributed by atoms with van der Waals surface area (Å²) in [5, 5.41) is 0.555. The largest absolute Gasteiger partial charge is 0.468 e. The summed E-state index contributed by atoms with van der Waals surface area (Å²) in [6, 6.07) is 10.9. The van der Waals surface area contributed by atoms with E-state index in [-0.39, 0.29) is 41.7 Å². The van der Waals surface area contributed by atoms with Crippen LogP contribution < -0.4 is 0 Å². The molecule has 31 heavy (non-hydrogen) atoms. The van der Waals surface area contributed by atoms with Crippen molar-refractivity contribution < 1.29 is 22.7 Å². The Hall–Kier alpha value is -2.13. The third-order valence-corrected chi connectivity index (χ3v) is 7.41. The second-order valence-electron chi connectivity index (χ2n) is 6.60. The first-order valence-electron chi connectivity index (χ1n) is 9.54. The second kappa shape index (κ2) is 10.9. The summed E-state index contributed by atoms with van der Waals surface area (Å²) in [4.78, 5) is 26.2. The van der Waals surface area contributed by atoms with Crippen molar-refractivity contribution in [2.75, 3.05) is 26.7 Å². The summed E-state index contributed by atoms with van der Waals surface area (Å²) >= 11 is 12.1. The average Bonchev–Trinajstić information content (AvgIpc) is 2.75. The molecule has 10 heteroatoms. The SMILES string of the molecule is CCN(CC)S(=O)(=O)c1cc(C(=O)N(CC(=O)OC)Cc2ccc(Cl)cc2)ccc1Cl. The lowest BCUT2D eigenvalue weighted by molar-refractivity contribution is -0.141. The number of carbonyl (C=O) groups excluding carboxylic acids is 2. The van der Waals surface area contributed by atoms with Gasteiger partial charge in [-0.05, 0) is 35.9 Å². The minimum Gasteiger partial charge on any atom is -0.468 e.